The minimum absolute atomic E-state index is 0.117. The SMILES string of the molecule is NCc1cn(CC(=O)NCC2(CO)CCCC2)nn1. The molecule has 4 N–H and O–H groups in total. The third-order valence-corrected chi connectivity index (χ3v) is 3.76. The topological polar surface area (TPSA) is 106 Å². The Morgan fingerprint density at radius 2 is 2.26 bits per heavy atom. The molecule has 7 heteroatoms. The van der Waals surface area contributed by atoms with Gasteiger partial charge in [-0.3, -0.25) is 4.79 Å². The molecule has 1 fully saturated rings. The molecule has 106 valence electrons. The van der Waals surface area contributed by atoms with Gasteiger partial charge in [0.25, 0.3) is 0 Å². The first kappa shape index (κ1) is 14.0. The van der Waals surface area contributed by atoms with Crippen LogP contribution in [-0.2, 0) is 17.9 Å². The van der Waals surface area contributed by atoms with Crippen LogP contribution in [0.2, 0.25) is 0 Å². The van der Waals surface area contributed by atoms with Gasteiger partial charge in [-0.05, 0) is 12.8 Å². The fourth-order valence-corrected chi connectivity index (χ4v) is 2.51. The number of aromatic nitrogens is 3. The van der Waals surface area contributed by atoms with Gasteiger partial charge in [0.05, 0.1) is 18.5 Å². The summed E-state index contributed by atoms with van der Waals surface area (Å²) in [6, 6.07) is 0. The van der Waals surface area contributed by atoms with Gasteiger partial charge < -0.3 is 16.2 Å². The van der Waals surface area contributed by atoms with Crippen molar-refractivity contribution in [3.05, 3.63) is 11.9 Å². The van der Waals surface area contributed by atoms with Gasteiger partial charge in [0.1, 0.15) is 6.54 Å². The second-order valence-corrected chi connectivity index (χ2v) is 5.25. The minimum Gasteiger partial charge on any atom is -0.396 e. The van der Waals surface area contributed by atoms with Crippen molar-refractivity contribution in [1.29, 1.82) is 0 Å². The Morgan fingerprint density at radius 1 is 1.53 bits per heavy atom. The summed E-state index contributed by atoms with van der Waals surface area (Å²) in [7, 11) is 0. The summed E-state index contributed by atoms with van der Waals surface area (Å²) in [5.41, 5.74) is 5.96. The number of nitrogens with one attached hydrogen (secondary N) is 1. The molecule has 2 rings (SSSR count). The Hall–Kier alpha value is -1.47. The lowest BCUT2D eigenvalue weighted by atomic mass is 9.87. The van der Waals surface area contributed by atoms with Gasteiger partial charge in [-0.2, -0.15) is 0 Å². The van der Waals surface area contributed by atoms with E-state index >= 15 is 0 Å². The maximum absolute atomic E-state index is 11.8. The summed E-state index contributed by atoms with van der Waals surface area (Å²) < 4.78 is 1.47. The Kier molecular flexibility index (Phi) is 4.49. The van der Waals surface area contributed by atoms with Crippen LogP contribution in [0.5, 0.6) is 0 Å². The highest BCUT2D eigenvalue weighted by Crippen LogP contribution is 2.36. The van der Waals surface area contributed by atoms with Crippen LogP contribution in [0.3, 0.4) is 0 Å². The van der Waals surface area contributed by atoms with E-state index in [1.165, 1.54) is 4.68 Å². The van der Waals surface area contributed by atoms with Gasteiger partial charge in [-0.25, -0.2) is 4.68 Å². The first-order valence-corrected chi connectivity index (χ1v) is 6.64. The highest BCUT2D eigenvalue weighted by Gasteiger charge is 2.33. The molecule has 0 radical (unpaired) electrons. The van der Waals surface area contributed by atoms with Gasteiger partial charge in [-0.15, -0.1) is 5.10 Å². The molecule has 0 saturated heterocycles. The monoisotopic (exact) mass is 267 g/mol. The second kappa shape index (κ2) is 6.12. The van der Waals surface area contributed by atoms with Gasteiger partial charge in [-0.1, -0.05) is 18.1 Å². The van der Waals surface area contributed by atoms with Crippen LogP contribution in [0, 0.1) is 5.41 Å². The molecular weight excluding hydrogens is 246 g/mol. The number of carbonyl (C=O) groups excluding carboxylic acids is 1. The summed E-state index contributed by atoms with van der Waals surface area (Å²) in [6.45, 7) is 1.11. The zero-order chi connectivity index (χ0) is 13.7. The van der Waals surface area contributed by atoms with Crippen molar-refractivity contribution in [2.75, 3.05) is 13.2 Å². The van der Waals surface area contributed by atoms with Crippen LogP contribution in [0.15, 0.2) is 6.20 Å². The molecule has 19 heavy (non-hydrogen) atoms. The van der Waals surface area contributed by atoms with Crippen LogP contribution in [0.4, 0.5) is 0 Å². The van der Waals surface area contributed by atoms with Crippen LogP contribution < -0.4 is 11.1 Å². The van der Waals surface area contributed by atoms with Crippen molar-refractivity contribution < 1.29 is 9.90 Å². The molecule has 0 bridgehead atoms. The number of carbonyl (C=O) groups is 1. The number of nitrogens with two attached hydrogens (primary N) is 1. The van der Waals surface area contributed by atoms with Crippen molar-refractivity contribution >= 4 is 5.91 Å². The third kappa shape index (κ3) is 3.51. The zero-order valence-electron chi connectivity index (χ0n) is 11.0. The predicted molar refractivity (Wildman–Crippen MR) is 68.9 cm³/mol. The average molecular weight is 267 g/mol. The van der Waals surface area contributed by atoms with E-state index in [1.54, 1.807) is 6.20 Å². The Bertz CT molecular complexity index is 426. The van der Waals surface area contributed by atoms with E-state index in [0.717, 1.165) is 25.7 Å². The molecule has 1 amide bonds. The molecule has 1 aromatic rings. The number of hydrogen-bond acceptors (Lipinski definition) is 5. The van der Waals surface area contributed by atoms with E-state index in [9.17, 15) is 9.90 Å². The van der Waals surface area contributed by atoms with Gasteiger partial charge in [0, 0.05) is 18.5 Å². The lowest BCUT2D eigenvalue weighted by Crippen LogP contribution is -2.39. The standard InChI is InChI=1S/C12H21N5O2/c13-5-10-6-17(16-15-10)7-11(19)14-8-12(9-18)3-1-2-4-12/h6,18H,1-5,7-9,13H2,(H,14,19). The third-order valence-electron chi connectivity index (χ3n) is 3.76. The molecule has 0 aliphatic heterocycles. The second-order valence-electron chi connectivity index (χ2n) is 5.25. The Morgan fingerprint density at radius 3 is 2.84 bits per heavy atom. The summed E-state index contributed by atoms with van der Waals surface area (Å²) >= 11 is 0. The van der Waals surface area contributed by atoms with Crippen molar-refractivity contribution in [2.24, 2.45) is 11.1 Å². The smallest absolute Gasteiger partial charge is 0.241 e. The normalized spacial score (nSPS) is 17.6. The molecule has 0 atom stereocenters. The fraction of sp³-hybridized carbons (Fsp3) is 0.750. The van der Waals surface area contributed by atoms with Crippen molar-refractivity contribution in [3.63, 3.8) is 0 Å². The quantitative estimate of drug-likeness (QED) is 0.638. The Balaban J connectivity index is 1.81. The van der Waals surface area contributed by atoms with E-state index in [0.29, 0.717) is 18.8 Å². The largest absolute Gasteiger partial charge is 0.396 e. The summed E-state index contributed by atoms with van der Waals surface area (Å²) in [6.07, 6.45) is 5.87. The van der Waals surface area contributed by atoms with Crippen LogP contribution in [0.25, 0.3) is 0 Å². The van der Waals surface area contributed by atoms with Gasteiger partial charge >= 0.3 is 0 Å². The molecule has 0 spiro atoms. The van der Waals surface area contributed by atoms with E-state index in [-0.39, 0.29) is 24.5 Å². The summed E-state index contributed by atoms with van der Waals surface area (Å²) in [5.74, 6) is -0.117. The fourth-order valence-electron chi connectivity index (χ4n) is 2.51. The number of hydrogen-bond donors (Lipinski definition) is 3. The molecule has 0 aromatic carbocycles. The maximum Gasteiger partial charge on any atom is 0.241 e. The molecule has 0 unspecified atom stereocenters. The summed E-state index contributed by atoms with van der Waals surface area (Å²) in [5, 5.41) is 20.0. The first-order valence-electron chi connectivity index (χ1n) is 6.64. The highest BCUT2D eigenvalue weighted by atomic mass is 16.3. The van der Waals surface area contributed by atoms with Gasteiger partial charge in [0.15, 0.2) is 0 Å². The maximum atomic E-state index is 11.8. The predicted octanol–water partition coefficient (Wildman–Crippen LogP) is -0.594. The number of rotatable bonds is 6. The van der Waals surface area contributed by atoms with Crippen molar-refractivity contribution in [3.8, 4) is 0 Å². The molecule has 1 aliphatic rings. The number of nitrogens with zero attached hydrogens (tertiary/aromatic N) is 3. The minimum atomic E-state index is -0.125. The number of aliphatic hydroxyl groups is 1. The lowest BCUT2D eigenvalue weighted by Gasteiger charge is -2.26. The van der Waals surface area contributed by atoms with Gasteiger partial charge in [0.2, 0.25) is 5.91 Å². The Labute approximate surface area is 112 Å². The van der Waals surface area contributed by atoms with E-state index in [1.807, 2.05) is 0 Å². The van der Waals surface area contributed by atoms with Crippen LogP contribution in [0.1, 0.15) is 31.4 Å². The molecule has 7 nitrogen and oxygen atoms in total. The van der Waals surface area contributed by atoms with Crippen molar-refractivity contribution in [1.82, 2.24) is 20.3 Å². The van der Waals surface area contributed by atoms with Crippen LogP contribution in [-0.4, -0.2) is 39.2 Å². The van der Waals surface area contributed by atoms with E-state index in [4.69, 9.17) is 5.73 Å². The highest BCUT2D eigenvalue weighted by molar-refractivity contribution is 5.75. The molecule has 1 saturated carbocycles. The summed E-state index contributed by atoms with van der Waals surface area (Å²) in [4.78, 5) is 11.8. The zero-order valence-corrected chi connectivity index (χ0v) is 11.0. The van der Waals surface area contributed by atoms with E-state index < -0.39 is 0 Å². The average Bonchev–Trinajstić information content (AvgIpc) is 3.06. The van der Waals surface area contributed by atoms with Crippen LogP contribution >= 0.6 is 0 Å². The molecular formula is C12H21N5O2. The first-order chi connectivity index (χ1) is 9.17. The molecule has 1 heterocycles. The lowest BCUT2D eigenvalue weighted by molar-refractivity contribution is -0.122. The molecule has 1 aliphatic carbocycles. The molecule has 1 aromatic heterocycles. The van der Waals surface area contributed by atoms with Crippen molar-refractivity contribution in [2.45, 2.75) is 38.8 Å². The number of aliphatic hydroxyl groups excluding tert-OH is 1. The number of amides is 1. The van der Waals surface area contributed by atoms with E-state index in [2.05, 4.69) is 15.6 Å².